The molecule has 5 nitrogen and oxygen atoms in total. The van der Waals surface area contributed by atoms with Crippen LogP contribution in [0.2, 0.25) is 0 Å². The van der Waals surface area contributed by atoms with Gasteiger partial charge < -0.3 is 10.6 Å². The van der Waals surface area contributed by atoms with Crippen LogP contribution in [0, 0.1) is 13.8 Å². The molecule has 0 saturated heterocycles. The number of aromatic nitrogens is 3. The Balaban J connectivity index is 2.19. The first-order valence-corrected chi connectivity index (χ1v) is 7.16. The molecule has 0 radical (unpaired) electrons. The monoisotopic (exact) mass is 277 g/mol. The van der Waals surface area contributed by atoms with E-state index < -0.39 is 0 Å². The number of nitrogens with zero attached hydrogens (tertiary/aromatic N) is 3. The van der Waals surface area contributed by atoms with Crippen molar-refractivity contribution in [1.29, 1.82) is 0 Å². The third-order valence-corrected chi connectivity index (χ3v) is 3.76. The van der Waals surface area contributed by atoms with Crippen molar-refractivity contribution in [2.45, 2.75) is 33.7 Å². The summed E-state index contributed by atoms with van der Waals surface area (Å²) in [6.07, 6.45) is 2.73. The summed E-state index contributed by atoms with van der Waals surface area (Å²) in [6.45, 7) is 6.83. The van der Waals surface area contributed by atoms with Gasteiger partial charge in [-0.1, -0.05) is 6.92 Å². The molecular weight excluding hydrogens is 258 g/mol. The molecule has 0 unspecified atom stereocenters. The molecule has 102 valence electrons. The number of hydrogen-bond donors (Lipinski definition) is 2. The number of hydrogen-bond acceptors (Lipinski definition) is 6. The highest BCUT2D eigenvalue weighted by atomic mass is 32.1. The van der Waals surface area contributed by atoms with Crippen LogP contribution in [0.15, 0.2) is 6.20 Å². The minimum Gasteiger partial charge on any atom is -0.373 e. The van der Waals surface area contributed by atoms with Gasteiger partial charge in [0.25, 0.3) is 0 Å². The van der Waals surface area contributed by atoms with E-state index in [1.165, 1.54) is 4.88 Å². The Hall–Kier alpha value is -1.69. The second kappa shape index (κ2) is 5.97. The average molecular weight is 277 g/mol. The second-order valence-corrected chi connectivity index (χ2v) is 5.58. The van der Waals surface area contributed by atoms with Gasteiger partial charge in [0.1, 0.15) is 17.5 Å². The van der Waals surface area contributed by atoms with Gasteiger partial charge in [-0.3, -0.25) is 0 Å². The third kappa shape index (κ3) is 3.20. The number of thiazole rings is 1. The topological polar surface area (TPSA) is 62.7 Å². The molecule has 6 heteroatoms. The van der Waals surface area contributed by atoms with Crippen molar-refractivity contribution in [2.24, 2.45) is 0 Å². The van der Waals surface area contributed by atoms with Gasteiger partial charge in [0, 0.05) is 30.1 Å². The summed E-state index contributed by atoms with van der Waals surface area (Å²) >= 11 is 1.70. The van der Waals surface area contributed by atoms with E-state index in [2.05, 4.69) is 32.5 Å². The zero-order valence-electron chi connectivity index (χ0n) is 11.7. The fourth-order valence-corrected chi connectivity index (χ4v) is 2.53. The van der Waals surface area contributed by atoms with Gasteiger partial charge in [0.15, 0.2) is 0 Å². The predicted molar refractivity (Wildman–Crippen MR) is 79.9 cm³/mol. The summed E-state index contributed by atoms with van der Waals surface area (Å²) in [5.74, 6) is 2.62. The van der Waals surface area contributed by atoms with E-state index in [1.807, 2.05) is 27.1 Å². The lowest BCUT2D eigenvalue weighted by molar-refractivity contribution is 0.925. The molecule has 0 fully saturated rings. The Labute approximate surface area is 117 Å². The average Bonchev–Trinajstić information content (AvgIpc) is 2.83. The molecule has 0 aliphatic carbocycles. The minimum absolute atomic E-state index is 0.746. The van der Waals surface area contributed by atoms with Crippen molar-refractivity contribution in [3.8, 4) is 0 Å². The molecule has 2 aromatic heterocycles. The van der Waals surface area contributed by atoms with E-state index in [1.54, 1.807) is 11.3 Å². The summed E-state index contributed by atoms with van der Waals surface area (Å²) in [4.78, 5) is 14.5. The molecule has 0 aliphatic heterocycles. The fraction of sp³-hybridized carbons (Fsp3) is 0.462. The summed E-state index contributed by atoms with van der Waals surface area (Å²) in [6, 6.07) is 0. The van der Waals surface area contributed by atoms with Crippen LogP contribution in [0.25, 0.3) is 0 Å². The molecule has 0 spiro atoms. The van der Waals surface area contributed by atoms with Gasteiger partial charge in [0.05, 0.1) is 11.6 Å². The van der Waals surface area contributed by atoms with Crippen molar-refractivity contribution >= 4 is 23.0 Å². The highest BCUT2D eigenvalue weighted by molar-refractivity contribution is 7.11. The first-order valence-electron chi connectivity index (χ1n) is 6.34. The molecule has 0 amide bonds. The van der Waals surface area contributed by atoms with Crippen LogP contribution in [0.3, 0.4) is 0 Å². The first kappa shape index (κ1) is 13.7. The summed E-state index contributed by atoms with van der Waals surface area (Å²) in [5.41, 5.74) is 1.04. The maximum absolute atomic E-state index is 4.54. The van der Waals surface area contributed by atoms with Crippen LogP contribution in [-0.4, -0.2) is 22.0 Å². The van der Waals surface area contributed by atoms with E-state index in [0.29, 0.717) is 0 Å². The lowest BCUT2D eigenvalue weighted by atomic mass is 10.3. The van der Waals surface area contributed by atoms with Crippen molar-refractivity contribution in [3.63, 3.8) is 0 Å². The van der Waals surface area contributed by atoms with Gasteiger partial charge in [-0.2, -0.15) is 0 Å². The van der Waals surface area contributed by atoms with Gasteiger partial charge in [-0.05, 0) is 13.8 Å². The quantitative estimate of drug-likeness (QED) is 0.880. The van der Waals surface area contributed by atoms with E-state index in [0.717, 1.165) is 41.0 Å². The van der Waals surface area contributed by atoms with Crippen molar-refractivity contribution in [3.05, 3.63) is 27.5 Å². The van der Waals surface area contributed by atoms with Crippen LogP contribution in [-0.2, 0) is 13.0 Å². The third-order valence-electron chi connectivity index (χ3n) is 2.84. The lowest BCUT2D eigenvalue weighted by Crippen LogP contribution is -2.09. The SMILES string of the molecule is CCc1nc(NC)c(C)c(NCc2cnc(C)s2)n1. The fourth-order valence-electron chi connectivity index (χ4n) is 1.79. The first-order chi connectivity index (χ1) is 9.13. The largest absolute Gasteiger partial charge is 0.373 e. The molecule has 0 aliphatic rings. The predicted octanol–water partition coefficient (Wildman–Crippen LogP) is 2.77. The Kier molecular flexibility index (Phi) is 4.31. The molecule has 2 heterocycles. The van der Waals surface area contributed by atoms with Gasteiger partial charge >= 0.3 is 0 Å². The molecule has 19 heavy (non-hydrogen) atoms. The maximum atomic E-state index is 4.54. The van der Waals surface area contributed by atoms with Crippen LogP contribution in [0.1, 0.15) is 28.2 Å². The second-order valence-electron chi connectivity index (χ2n) is 4.26. The maximum Gasteiger partial charge on any atom is 0.135 e. The summed E-state index contributed by atoms with van der Waals surface area (Å²) < 4.78 is 0. The van der Waals surface area contributed by atoms with Gasteiger partial charge in [-0.15, -0.1) is 11.3 Å². The van der Waals surface area contributed by atoms with Crippen LogP contribution >= 0.6 is 11.3 Å². The van der Waals surface area contributed by atoms with Gasteiger partial charge in [-0.25, -0.2) is 15.0 Å². The zero-order valence-corrected chi connectivity index (χ0v) is 12.6. The van der Waals surface area contributed by atoms with Crippen molar-refractivity contribution in [1.82, 2.24) is 15.0 Å². The Morgan fingerprint density at radius 2 is 1.95 bits per heavy atom. The van der Waals surface area contributed by atoms with Crippen LogP contribution in [0.4, 0.5) is 11.6 Å². The molecular formula is C13H19N5S. The highest BCUT2D eigenvalue weighted by Crippen LogP contribution is 2.21. The Morgan fingerprint density at radius 1 is 1.21 bits per heavy atom. The van der Waals surface area contributed by atoms with E-state index in [4.69, 9.17) is 0 Å². The van der Waals surface area contributed by atoms with Crippen LogP contribution < -0.4 is 10.6 Å². The molecule has 2 N–H and O–H groups in total. The Bertz CT molecular complexity index is 564. The molecule has 0 atom stereocenters. The summed E-state index contributed by atoms with van der Waals surface area (Å²) in [5, 5.41) is 7.57. The van der Waals surface area contributed by atoms with Gasteiger partial charge in [0.2, 0.25) is 0 Å². The number of rotatable bonds is 5. The summed E-state index contributed by atoms with van der Waals surface area (Å²) in [7, 11) is 1.88. The normalized spacial score (nSPS) is 10.5. The standard InChI is InChI=1S/C13H19N5S/c1-5-11-17-12(14-4)8(2)13(18-11)16-7-10-6-15-9(3)19-10/h6H,5,7H2,1-4H3,(H2,14,16,17,18). The van der Waals surface area contributed by atoms with Crippen molar-refractivity contribution in [2.75, 3.05) is 17.7 Å². The smallest absolute Gasteiger partial charge is 0.135 e. The van der Waals surface area contributed by atoms with Crippen LogP contribution in [0.5, 0.6) is 0 Å². The molecule has 0 aromatic carbocycles. The lowest BCUT2D eigenvalue weighted by Gasteiger charge is -2.12. The number of nitrogens with one attached hydrogen (secondary N) is 2. The van der Waals surface area contributed by atoms with E-state index in [-0.39, 0.29) is 0 Å². The zero-order chi connectivity index (χ0) is 13.8. The van der Waals surface area contributed by atoms with E-state index in [9.17, 15) is 0 Å². The molecule has 2 rings (SSSR count). The van der Waals surface area contributed by atoms with Crippen molar-refractivity contribution < 1.29 is 0 Å². The molecule has 0 saturated carbocycles. The molecule has 0 bridgehead atoms. The number of anilines is 2. The molecule has 2 aromatic rings. The Morgan fingerprint density at radius 3 is 2.53 bits per heavy atom. The highest BCUT2D eigenvalue weighted by Gasteiger charge is 2.09. The number of aryl methyl sites for hydroxylation is 2. The van der Waals surface area contributed by atoms with E-state index >= 15 is 0 Å². The minimum atomic E-state index is 0.746.